The Morgan fingerprint density at radius 2 is 1.47 bits per heavy atom. The molecule has 0 aliphatic heterocycles. The van der Waals surface area contributed by atoms with Crippen LogP contribution in [0.2, 0.25) is 0 Å². The van der Waals surface area contributed by atoms with Crippen molar-refractivity contribution in [2.24, 2.45) is 17.1 Å². The number of aliphatic hydroxyl groups is 2. The van der Waals surface area contributed by atoms with Crippen LogP contribution in [0.5, 0.6) is 0 Å². The molecule has 1 heterocycles. The lowest BCUT2D eigenvalue weighted by Gasteiger charge is -2.36. The van der Waals surface area contributed by atoms with Gasteiger partial charge in [-0.1, -0.05) is 101 Å². The predicted octanol–water partition coefficient (Wildman–Crippen LogP) is 8.32. The quantitative estimate of drug-likeness (QED) is 0.00906. The Bertz CT molecular complexity index is 3020. The zero-order chi connectivity index (χ0) is 63.8. The third-order valence-corrected chi connectivity index (χ3v) is 17.4. The smallest absolute Gasteiger partial charge is 0.411 e. The highest BCUT2D eigenvalue weighted by atomic mass is 35.5. The molecular formula is C61H87Cl2N9O13S2. The van der Waals surface area contributed by atoms with E-state index in [9.17, 15) is 53.4 Å². The highest BCUT2D eigenvalue weighted by Gasteiger charge is 2.45. The molecule has 480 valence electrons. The lowest BCUT2D eigenvalue weighted by molar-refractivity contribution is -0.133. The van der Waals surface area contributed by atoms with E-state index in [-0.39, 0.29) is 76.4 Å². The third-order valence-electron chi connectivity index (χ3n) is 13.4. The monoisotopic (exact) mass is 1290 g/mol. The average molecular weight is 1290 g/mol. The summed E-state index contributed by atoms with van der Waals surface area (Å²) in [5, 5.41) is 41.1. The number of aliphatic hydroxyl groups excluding tert-OH is 2. The highest BCUT2D eigenvalue weighted by Crippen LogP contribution is 2.43. The number of hydrogen-bond acceptors (Lipinski definition) is 15. The molecular weight excluding hydrogens is 1200 g/mol. The van der Waals surface area contributed by atoms with Gasteiger partial charge in [0, 0.05) is 77.6 Å². The van der Waals surface area contributed by atoms with Gasteiger partial charge >= 0.3 is 17.7 Å². The molecule has 4 rings (SSSR count). The van der Waals surface area contributed by atoms with E-state index in [1.165, 1.54) is 19.1 Å². The Kier molecular flexibility index (Phi) is 30.9. The van der Waals surface area contributed by atoms with E-state index in [1.807, 2.05) is 0 Å². The SMILES string of the molecule is C.Cc1cc(=O)oc2cc(NC(=O)OCc3ccc(NC(=O)C(CCCNC(N)=O)NC(=O)C(NC(=O)CCCCCNC(=O)C(C)(Cl)CC(C)(CC(Cl)c4cccc(C(=O)NCCSSC(C)(C)C)c4)C(=O)NCC(O)CO)C(C)C)cc3)ccc12. The number of fused-ring (bicyclic) bond motifs is 1. The maximum atomic E-state index is 13.9. The number of alkyl halides is 2. The van der Waals surface area contributed by atoms with Crippen molar-refractivity contribution in [2.45, 2.75) is 154 Å². The number of unbranched alkanes of at least 4 members (excludes halogenated alkanes) is 2. The van der Waals surface area contributed by atoms with Crippen molar-refractivity contribution in [3.63, 3.8) is 0 Å². The van der Waals surface area contributed by atoms with Crippen LogP contribution in [-0.2, 0) is 35.3 Å². The summed E-state index contributed by atoms with van der Waals surface area (Å²) in [6.45, 7) is 14.5. The Labute approximate surface area is 527 Å². The summed E-state index contributed by atoms with van der Waals surface area (Å²) in [7, 11) is 3.40. The van der Waals surface area contributed by atoms with Crippen molar-refractivity contribution in [2.75, 3.05) is 49.2 Å². The Balaban J connectivity index is 0.0000198. The second-order valence-electron chi connectivity index (χ2n) is 22.7. The van der Waals surface area contributed by atoms with E-state index in [2.05, 4.69) is 63.3 Å². The standard InChI is InChI=1S/C60H83Cl2N9O13S2.CH4/c1-36(2)50(53(78)70-46(16-13-25-66-56(63)81)52(77)68-41-20-18-38(19-21-41)34-83-57(82)69-42-22-23-44-37(3)28-49(75)84-47(44)30-42)71-48(74)17-10-9-11-24-65-55(80)60(8,62)35-59(7,54(79)67-32-43(73)33-72)31-45(61)39-14-12-15-40(29-39)51(76)64-26-27-85-86-58(4,5)6;/h12,14-15,18-23,28-30,36,43,45-46,50,72-73H,9-11,13,16-17,24-27,31-35H2,1-8H3,(H,64,76)(H,65,80)(H,67,79)(H,68,77)(H,69,82)(H,70,78)(H,71,74)(H3,63,66,81);1H4. The molecule has 0 spiro atoms. The van der Waals surface area contributed by atoms with Gasteiger partial charge in [0.25, 0.3) is 5.91 Å². The van der Waals surface area contributed by atoms with Gasteiger partial charge in [-0.15, -0.1) is 23.2 Å². The van der Waals surface area contributed by atoms with Crippen LogP contribution in [0.1, 0.15) is 140 Å². The van der Waals surface area contributed by atoms with E-state index in [0.29, 0.717) is 65.2 Å². The summed E-state index contributed by atoms with van der Waals surface area (Å²) in [6, 6.07) is 16.6. The predicted molar refractivity (Wildman–Crippen MR) is 345 cm³/mol. The molecule has 3 aromatic carbocycles. The van der Waals surface area contributed by atoms with Crippen molar-refractivity contribution in [3.8, 4) is 0 Å². The molecule has 4 aromatic rings. The van der Waals surface area contributed by atoms with Crippen LogP contribution in [-0.4, -0.2) is 124 Å². The molecule has 6 atom stereocenters. The fraction of sp³-hybridized carbons (Fsp3) is 0.525. The van der Waals surface area contributed by atoms with Crippen molar-refractivity contribution < 1.29 is 57.7 Å². The van der Waals surface area contributed by atoms with Crippen LogP contribution < -0.4 is 53.9 Å². The number of nitrogens with one attached hydrogen (secondary N) is 8. The minimum absolute atomic E-state index is 0. The second-order valence-corrected chi connectivity index (χ2v) is 27.4. The van der Waals surface area contributed by atoms with Gasteiger partial charge in [0.05, 0.1) is 23.5 Å². The van der Waals surface area contributed by atoms with Crippen molar-refractivity contribution in [3.05, 3.63) is 105 Å². The van der Waals surface area contributed by atoms with Crippen molar-refractivity contribution in [1.29, 1.82) is 0 Å². The summed E-state index contributed by atoms with van der Waals surface area (Å²) < 4.78 is 10.7. The molecule has 0 fully saturated rings. The number of nitrogens with two attached hydrogens (primary N) is 1. The third kappa shape index (κ3) is 26.4. The molecule has 26 heteroatoms. The van der Waals surface area contributed by atoms with Crippen molar-refractivity contribution in [1.82, 2.24) is 31.9 Å². The zero-order valence-corrected chi connectivity index (χ0v) is 53.1. The lowest BCUT2D eigenvalue weighted by Crippen LogP contribution is -2.54. The number of carbonyl (C=O) groups excluding carboxylic acids is 8. The minimum Gasteiger partial charge on any atom is -0.444 e. The number of carbonyl (C=O) groups is 8. The normalized spacial score (nSPS) is 14.1. The second kappa shape index (κ2) is 36.0. The van der Waals surface area contributed by atoms with Crippen LogP contribution in [0.15, 0.2) is 82.0 Å². The van der Waals surface area contributed by atoms with E-state index >= 15 is 0 Å². The molecule has 9 amide bonds. The average Bonchev–Trinajstić information content (AvgIpc) is 3.63. The number of primary amides is 1. The first-order valence-corrected chi connectivity index (χ1v) is 31.5. The first-order chi connectivity index (χ1) is 40.5. The lowest BCUT2D eigenvalue weighted by atomic mass is 9.75. The molecule has 0 saturated carbocycles. The summed E-state index contributed by atoms with van der Waals surface area (Å²) in [5.41, 5.74) is 6.62. The van der Waals surface area contributed by atoms with Crippen LogP contribution in [0.4, 0.5) is 21.0 Å². The number of ether oxygens (including phenoxy) is 1. The maximum Gasteiger partial charge on any atom is 0.411 e. The van der Waals surface area contributed by atoms with Gasteiger partial charge in [0.2, 0.25) is 29.5 Å². The molecule has 1 aromatic heterocycles. The van der Waals surface area contributed by atoms with Gasteiger partial charge in [-0.25, -0.2) is 14.4 Å². The van der Waals surface area contributed by atoms with E-state index in [0.717, 1.165) is 10.9 Å². The first kappa shape index (κ1) is 74.7. The van der Waals surface area contributed by atoms with Gasteiger partial charge in [0.1, 0.15) is 29.1 Å². The Hall–Kier alpha value is -6.57. The number of rotatable bonds is 34. The number of amides is 9. The molecule has 0 saturated heterocycles. The highest BCUT2D eigenvalue weighted by molar-refractivity contribution is 8.77. The van der Waals surface area contributed by atoms with Gasteiger partial charge in [-0.2, -0.15) is 0 Å². The molecule has 22 nitrogen and oxygen atoms in total. The number of urea groups is 1. The fourth-order valence-corrected chi connectivity index (χ4v) is 11.9. The minimum atomic E-state index is -1.63. The van der Waals surface area contributed by atoms with E-state index in [1.54, 1.807) is 110 Å². The van der Waals surface area contributed by atoms with Crippen LogP contribution in [0.3, 0.4) is 0 Å². The molecule has 87 heavy (non-hydrogen) atoms. The van der Waals surface area contributed by atoms with E-state index in [4.69, 9.17) is 38.1 Å². The molecule has 0 aliphatic carbocycles. The number of anilines is 2. The number of halogens is 2. The number of benzene rings is 3. The molecule has 0 bridgehead atoms. The van der Waals surface area contributed by atoms with Crippen LogP contribution in [0, 0.1) is 18.3 Å². The summed E-state index contributed by atoms with van der Waals surface area (Å²) in [6.07, 6.45) is -0.482. The first-order valence-electron chi connectivity index (χ1n) is 28.4. The van der Waals surface area contributed by atoms with Gasteiger partial charge in [-0.05, 0) is 111 Å². The van der Waals surface area contributed by atoms with Gasteiger partial charge in [-0.3, -0.25) is 34.1 Å². The van der Waals surface area contributed by atoms with Crippen LogP contribution in [0.25, 0.3) is 11.0 Å². The van der Waals surface area contributed by atoms with Crippen molar-refractivity contribution >= 4 is 115 Å². The van der Waals surface area contributed by atoms with Gasteiger partial charge < -0.3 is 62.3 Å². The van der Waals surface area contributed by atoms with Crippen LogP contribution >= 0.6 is 44.8 Å². The Morgan fingerprint density at radius 1 is 0.782 bits per heavy atom. The zero-order valence-electron chi connectivity index (χ0n) is 50.0. The molecule has 0 radical (unpaired) electrons. The fourth-order valence-electron chi connectivity index (χ4n) is 8.88. The molecule has 12 N–H and O–H groups in total. The summed E-state index contributed by atoms with van der Waals surface area (Å²) in [5.74, 6) is -2.70. The number of aryl methyl sites for hydroxylation is 1. The van der Waals surface area contributed by atoms with E-state index < -0.39 is 93.7 Å². The summed E-state index contributed by atoms with van der Waals surface area (Å²) >= 11 is 13.9. The number of hydrogen-bond donors (Lipinski definition) is 11. The topological polar surface area (TPSA) is 339 Å². The summed E-state index contributed by atoms with van der Waals surface area (Å²) in [4.78, 5) is 116. The molecule has 0 aliphatic rings. The Morgan fingerprint density at radius 3 is 2.14 bits per heavy atom. The van der Waals surface area contributed by atoms with Gasteiger partial charge in [0.15, 0.2) is 0 Å². The maximum absolute atomic E-state index is 13.9. The largest absolute Gasteiger partial charge is 0.444 e. The molecule has 6 unspecified atom stereocenters.